The molecule has 0 aromatic heterocycles. The van der Waals surface area contributed by atoms with Gasteiger partial charge in [0.1, 0.15) is 11.4 Å². The maximum Gasteiger partial charge on any atom is 0.258 e. The fourth-order valence-electron chi connectivity index (χ4n) is 4.90. The van der Waals surface area contributed by atoms with Crippen LogP contribution in [0.1, 0.15) is 49.9 Å². The van der Waals surface area contributed by atoms with Gasteiger partial charge in [0.15, 0.2) is 0 Å². The standard InChI is InChI=1S/C28H36FN3O3/c1-28(2,29)19-32-16-13-20(14-17-32)18-35-22-11-9-21(10-12-22)23-6-3-4-7-24(23)26(33)31-27(34)25-8-5-15-30-25/h3-4,6-7,9-12,20,25,30H,5,8,13-19H2,1-2H3,(H,31,33,34)/t25-/m0/s1. The van der Waals surface area contributed by atoms with E-state index < -0.39 is 5.67 Å². The third-order valence-corrected chi connectivity index (χ3v) is 6.74. The Labute approximate surface area is 207 Å². The lowest BCUT2D eigenvalue weighted by Gasteiger charge is -2.34. The van der Waals surface area contributed by atoms with E-state index >= 15 is 0 Å². The molecule has 188 valence electrons. The average molecular weight is 482 g/mol. The Morgan fingerprint density at radius 1 is 1.09 bits per heavy atom. The first-order chi connectivity index (χ1) is 16.8. The van der Waals surface area contributed by atoms with Crippen molar-refractivity contribution < 1.29 is 18.7 Å². The van der Waals surface area contributed by atoms with Gasteiger partial charge in [0, 0.05) is 12.1 Å². The molecule has 0 bridgehead atoms. The van der Waals surface area contributed by atoms with Gasteiger partial charge < -0.3 is 15.0 Å². The summed E-state index contributed by atoms with van der Waals surface area (Å²) in [6.45, 7) is 6.98. The molecule has 4 rings (SSSR count). The van der Waals surface area contributed by atoms with Gasteiger partial charge in [-0.15, -0.1) is 0 Å². The average Bonchev–Trinajstić information content (AvgIpc) is 3.38. The number of hydrogen-bond donors (Lipinski definition) is 2. The molecule has 2 heterocycles. The summed E-state index contributed by atoms with van der Waals surface area (Å²) in [5.74, 6) is 0.586. The second-order valence-electron chi connectivity index (χ2n) is 10.3. The zero-order chi connectivity index (χ0) is 24.8. The van der Waals surface area contributed by atoms with Crippen molar-refractivity contribution in [1.82, 2.24) is 15.5 Å². The molecule has 2 aliphatic rings. The molecule has 0 unspecified atom stereocenters. The Hall–Kier alpha value is -2.77. The van der Waals surface area contributed by atoms with Crippen LogP contribution in [0, 0.1) is 5.92 Å². The molecule has 2 amide bonds. The molecule has 2 aromatic carbocycles. The van der Waals surface area contributed by atoms with Gasteiger partial charge >= 0.3 is 0 Å². The lowest BCUT2D eigenvalue weighted by molar-refractivity contribution is -0.121. The second kappa shape index (κ2) is 11.3. The minimum Gasteiger partial charge on any atom is -0.493 e. The minimum atomic E-state index is -1.16. The van der Waals surface area contributed by atoms with Crippen LogP contribution in [-0.2, 0) is 4.79 Å². The molecule has 2 aromatic rings. The molecular formula is C28H36FN3O3. The summed E-state index contributed by atoms with van der Waals surface area (Å²) in [5, 5.41) is 5.66. The first kappa shape index (κ1) is 25.3. The van der Waals surface area contributed by atoms with Crippen molar-refractivity contribution in [2.45, 2.75) is 51.2 Å². The van der Waals surface area contributed by atoms with Gasteiger partial charge in [-0.1, -0.05) is 30.3 Å². The van der Waals surface area contributed by atoms with Crippen LogP contribution in [-0.4, -0.2) is 61.2 Å². The summed E-state index contributed by atoms with van der Waals surface area (Å²) in [6.07, 6.45) is 3.70. The van der Waals surface area contributed by atoms with E-state index in [1.807, 2.05) is 36.4 Å². The minimum absolute atomic E-state index is 0.273. The summed E-state index contributed by atoms with van der Waals surface area (Å²) in [4.78, 5) is 27.4. The molecule has 2 saturated heterocycles. The normalized spacial score (nSPS) is 19.5. The number of nitrogens with one attached hydrogen (secondary N) is 2. The third kappa shape index (κ3) is 7.12. The number of ether oxygens (including phenoxy) is 1. The van der Waals surface area contributed by atoms with Crippen molar-refractivity contribution in [2.24, 2.45) is 5.92 Å². The van der Waals surface area contributed by atoms with Crippen molar-refractivity contribution in [3.8, 4) is 16.9 Å². The number of imide groups is 1. The molecule has 0 saturated carbocycles. The fourth-order valence-corrected chi connectivity index (χ4v) is 4.90. The third-order valence-electron chi connectivity index (χ3n) is 6.74. The number of halogens is 1. The Morgan fingerprint density at radius 3 is 2.46 bits per heavy atom. The highest BCUT2D eigenvalue weighted by molar-refractivity contribution is 6.09. The molecule has 6 nitrogen and oxygen atoms in total. The number of benzene rings is 2. The van der Waals surface area contributed by atoms with E-state index in [4.69, 9.17) is 4.74 Å². The zero-order valence-corrected chi connectivity index (χ0v) is 20.7. The van der Waals surface area contributed by atoms with Crippen molar-refractivity contribution in [1.29, 1.82) is 0 Å². The summed E-state index contributed by atoms with van der Waals surface area (Å²) in [5.41, 5.74) is 0.965. The Kier molecular flexibility index (Phi) is 8.19. The Balaban J connectivity index is 1.32. The molecule has 0 spiro atoms. The van der Waals surface area contributed by atoms with Gasteiger partial charge in [-0.05, 0) is 94.4 Å². The molecule has 2 N–H and O–H groups in total. The van der Waals surface area contributed by atoms with E-state index in [-0.39, 0.29) is 17.9 Å². The van der Waals surface area contributed by atoms with Gasteiger partial charge in [-0.25, -0.2) is 4.39 Å². The molecule has 7 heteroatoms. The van der Waals surface area contributed by atoms with E-state index in [1.54, 1.807) is 26.0 Å². The van der Waals surface area contributed by atoms with Crippen LogP contribution >= 0.6 is 0 Å². The van der Waals surface area contributed by atoms with Crippen LogP contribution in [0.5, 0.6) is 5.75 Å². The van der Waals surface area contributed by atoms with Gasteiger partial charge in [-0.3, -0.25) is 14.9 Å². The predicted molar refractivity (Wildman–Crippen MR) is 135 cm³/mol. The lowest BCUT2D eigenvalue weighted by Crippen LogP contribution is -2.43. The largest absolute Gasteiger partial charge is 0.493 e. The molecule has 0 aliphatic carbocycles. The maximum atomic E-state index is 13.9. The van der Waals surface area contributed by atoms with Gasteiger partial charge in [0.2, 0.25) is 5.91 Å². The Morgan fingerprint density at radius 2 is 1.80 bits per heavy atom. The highest BCUT2D eigenvalue weighted by atomic mass is 19.1. The summed E-state index contributed by atoms with van der Waals surface area (Å²) < 4.78 is 19.9. The number of carbonyl (C=O) groups is 2. The van der Waals surface area contributed by atoms with Crippen LogP contribution in [0.3, 0.4) is 0 Å². The van der Waals surface area contributed by atoms with Crippen LogP contribution in [0.2, 0.25) is 0 Å². The van der Waals surface area contributed by atoms with Crippen LogP contribution < -0.4 is 15.4 Å². The van der Waals surface area contributed by atoms with E-state index in [2.05, 4.69) is 15.5 Å². The number of hydrogen-bond acceptors (Lipinski definition) is 5. The van der Waals surface area contributed by atoms with Crippen LogP contribution in [0.4, 0.5) is 4.39 Å². The van der Waals surface area contributed by atoms with Crippen molar-refractivity contribution in [2.75, 3.05) is 32.8 Å². The number of amides is 2. The van der Waals surface area contributed by atoms with E-state index in [0.717, 1.165) is 62.2 Å². The fraction of sp³-hybridized carbons (Fsp3) is 0.500. The first-order valence-electron chi connectivity index (χ1n) is 12.6. The summed E-state index contributed by atoms with van der Waals surface area (Å²) in [6, 6.07) is 14.7. The van der Waals surface area contributed by atoms with Gasteiger partial charge in [0.05, 0.1) is 12.6 Å². The highest BCUT2D eigenvalue weighted by Gasteiger charge is 2.26. The second-order valence-corrected chi connectivity index (χ2v) is 10.3. The molecule has 2 aliphatic heterocycles. The van der Waals surface area contributed by atoms with Gasteiger partial charge in [-0.2, -0.15) is 0 Å². The van der Waals surface area contributed by atoms with Crippen molar-refractivity contribution in [3.05, 3.63) is 54.1 Å². The van der Waals surface area contributed by atoms with Gasteiger partial charge in [0.25, 0.3) is 5.91 Å². The van der Waals surface area contributed by atoms with Crippen LogP contribution in [0.15, 0.2) is 48.5 Å². The van der Waals surface area contributed by atoms with Crippen molar-refractivity contribution in [3.63, 3.8) is 0 Å². The topological polar surface area (TPSA) is 70.7 Å². The molecule has 0 radical (unpaired) electrons. The zero-order valence-electron chi connectivity index (χ0n) is 20.7. The number of piperidine rings is 1. The number of likely N-dealkylation sites (tertiary alicyclic amines) is 1. The quantitative estimate of drug-likeness (QED) is 0.553. The Bertz CT molecular complexity index is 1000. The smallest absolute Gasteiger partial charge is 0.258 e. The molecule has 1 atom stereocenters. The van der Waals surface area contributed by atoms with E-state index in [0.29, 0.717) is 24.6 Å². The summed E-state index contributed by atoms with van der Waals surface area (Å²) in [7, 11) is 0. The predicted octanol–water partition coefficient (Wildman–Crippen LogP) is 4.20. The monoisotopic (exact) mass is 481 g/mol. The van der Waals surface area contributed by atoms with E-state index in [1.165, 1.54) is 0 Å². The van der Waals surface area contributed by atoms with Crippen molar-refractivity contribution >= 4 is 11.8 Å². The number of alkyl halides is 1. The number of carbonyl (C=O) groups excluding carboxylic acids is 2. The SMILES string of the molecule is CC(C)(F)CN1CCC(COc2ccc(-c3ccccc3C(=O)NC(=O)[C@@H]3CCCN3)cc2)CC1. The van der Waals surface area contributed by atoms with Crippen LogP contribution in [0.25, 0.3) is 11.1 Å². The number of rotatable bonds is 8. The number of nitrogens with zero attached hydrogens (tertiary/aromatic N) is 1. The first-order valence-corrected chi connectivity index (χ1v) is 12.6. The molecule has 2 fully saturated rings. The lowest BCUT2D eigenvalue weighted by atomic mass is 9.96. The maximum absolute atomic E-state index is 13.9. The molecular weight excluding hydrogens is 445 g/mol. The van der Waals surface area contributed by atoms with E-state index in [9.17, 15) is 14.0 Å². The highest BCUT2D eigenvalue weighted by Crippen LogP contribution is 2.27. The summed E-state index contributed by atoms with van der Waals surface area (Å²) >= 11 is 0. The molecule has 35 heavy (non-hydrogen) atoms.